The van der Waals surface area contributed by atoms with Gasteiger partial charge in [-0.15, -0.1) is 0 Å². The van der Waals surface area contributed by atoms with Crippen LogP contribution in [-0.2, 0) is 19.2 Å². The maximum Gasteiger partial charge on any atom is 0.154 e. The Morgan fingerprint density at radius 3 is 1.14 bits per heavy atom. The number of ketones is 2. The van der Waals surface area contributed by atoms with E-state index < -0.39 is 53.5 Å². The molecule has 10 nitrogen and oxygen atoms in total. The van der Waals surface area contributed by atoms with Gasteiger partial charge in [0.05, 0.1) is 72.0 Å². The average molecular weight is 404 g/mol. The summed E-state index contributed by atoms with van der Waals surface area (Å²) >= 11 is 0. The largest absolute Gasteiger partial charge is 0.549 e. The third kappa shape index (κ3) is 8.01. The molecule has 0 saturated heterocycles. The number of nitrogens with zero attached hydrogens (tertiary/aromatic N) is 2. The molecule has 0 aromatic rings. The van der Waals surface area contributed by atoms with E-state index in [1.165, 1.54) is 0 Å². The Hall–Kier alpha value is -1.88. The second-order valence-electron chi connectivity index (χ2n) is 9.20. The number of Topliss-reactive ketones (excluding diaryl/α,β-unsaturated/α-hetero) is 2. The van der Waals surface area contributed by atoms with E-state index in [1.807, 2.05) is 0 Å². The maximum atomic E-state index is 12.6. The summed E-state index contributed by atoms with van der Waals surface area (Å²) in [6, 6.07) is 0. The van der Waals surface area contributed by atoms with E-state index in [-0.39, 0.29) is 22.1 Å². The van der Waals surface area contributed by atoms with E-state index in [4.69, 9.17) is 0 Å². The molecule has 2 N–H and O–H groups in total. The number of quaternary nitrogens is 2. The lowest BCUT2D eigenvalue weighted by Crippen LogP contribution is -2.55. The fourth-order valence-electron chi connectivity index (χ4n) is 2.94. The summed E-state index contributed by atoms with van der Waals surface area (Å²) in [5.74, 6) is -11.8. The molecule has 0 amide bonds. The van der Waals surface area contributed by atoms with Crippen molar-refractivity contribution in [3.63, 3.8) is 0 Å². The van der Waals surface area contributed by atoms with Gasteiger partial charge in [0, 0.05) is 0 Å². The molecule has 0 rings (SSSR count). The van der Waals surface area contributed by atoms with Gasteiger partial charge in [0.15, 0.2) is 11.6 Å². The number of carboxylic acid groups (broad SMARTS) is 2. The van der Waals surface area contributed by atoms with Crippen LogP contribution >= 0.6 is 0 Å². The van der Waals surface area contributed by atoms with Crippen LogP contribution in [0.4, 0.5) is 0 Å². The molecule has 0 spiro atoms. The first-order valence-electron chi connectivity index (χ1n) is 8.85. The van der Waals surface area contributed by atoms with E-state index in [1.54, 1.807) is 42.3 Å². The molecule has 28 heavy (non-hydrogen) atoms. The van der Waals surface area contributed by atoms with Crippen LogP contribution in [0.3, 0.4) is 0 Å². The standard InChI is InChI=1S/C18H32N2O8/c1-10(15(23)13(17(25)26)11(21)8-19(2,3)4)16(24)14(18(27)28)12(22)9-20(5,6)7/h10-14,21-22H,8-9H2,1-7H3. The highest BCUT2D eigenvalue weighted by atomic mass is 16.4. The molecule has 10 heteroatoms. The zero-order chi connectivity index (χ0) is 22.6. The topological polar surface area (TPSA) is 155 Å². The number of aliphatic carboxylic acids is 2. The fraction of sp³-hybridized carbons (Fsp3) is 0.778. The second-order valence-corrected chi connectivity index (χ2v) is 9.20. The van der Waals surface area contributed by atoms with Gasteiger partial charge in [-0.3, -0.25) is 9.59 Å². The fourth-order valence-corrected chi connectivity index (χ4v) is 2.94. The smallest absolute Gasteiger partial charge is 0.154 e. The quantitative estimate of drug-likeness (QED) is 0.244. The Bertz CT molecular complexity index is 554. The molecule has 0 saturated carbocycles. The van der Waals surface area contributed by atoms with Crippen LogP contribution in [0.2, 0.25) is 0 Å². The number of carbonyl (C=O) groups is 4. The molecule has 0 bridgehead atoms. The Balaban J connectivity index is 5.65. The maximum absolute atomic E-state index is 12.6. The molecule has 0 aromatic carbocycles. The lowest BCUT2D eigenvalue weighted by molar-refractivity contribution is -0.873. The van der Waals surface area contributed by atoms with Gasteiger partial charge in [0.1, 0.15) is 25.3 Å². The Morgan fingerprint density at radius 1 is 0.714 bits per heavy atom. The molecule has 0 fully saturated rings. The molecule has 4 unspecified atom stereocenters. The predicted molar refractivity (Wildman–Crippen MR) is 94.0 cm³/mol. The van der Waals surface area contributed by atoms with Crippen LogP contribution in [0.15, 0.2) is 0 Å². The molecule has 0 aromatic heterocycles. The van der Waals surface area contributed by atoms with Gasteiger partial charge in [-0.1, -0.05) is 0 Å². The lowest BCUT2D eigenvalue weighted by Gasteiger charge is -2.33. The van der Waals surface area contributed by atoms with Gasteiger partial charge >= 0.3 is 0 Å². The van der Waals surface area contributed by atoms with E-state index in [0.29, 0.717) is 0 Å². The van der Waals surface area contributed by atoms with Crippen LogP contribution in [0.5, 0.6) is 0 Å². The monoisotopic (exact) mass is 404 g/mol. The van der Waals surface area contributed by atoms with Crippen molar-refractivity contribution >= 4 is 23.5 Å². The van der Waals surface area contributed by atoms with Crippen molar-refractivity contribution in [2.45, 2.75) is 19.1 Å². The first-order chi connectivity index (χ1) is 12.4. The molecular formula is C18H32N2O8. The average Bonchev–Trinajstić information content (AvgIpc) is 2.41. The molecule has 162 valence electrons. The highest BCUT2D eigenvalue weighted by Gasteiger charge is 2.41. The summed E-state index contributed by atoms with van der Waals surface area (Å²) in [5, 5.41) is 43.2. The van der Waals surface area contributed by atoms with Crippen molar-refractivity contribution in [1.82, 2.24) is 0 Å². The predicted octanol–water partition coefficient (Wildman–Crippen LogP) is -4.37. The van der Waals surface area contributed by atoms with Crippen LogP contribution in [0, 0.1) is 17.8 Å². The van der Waals surface area contributed by atoms with Gasteiger partial charge in [-0.25, -0.2) is 0 Å². The van der Waals surface area contributed by atoms with E-state index in [9.17, 15) is 39.6 Å². The van der Waals surface area contributed by atoms with Gasteiger partial charge in [-0.05, 0) is 6.92 Å². The molecule has 0 aliphatic carbocycles. The van der Waals surface area contributed by atoms with E-state index in [0.717, 1.165) is 6.92 Å². The highest BCUT2D eigenvalue weighted by molar-refractivity contribution is 6.13. The zero-order valence-corrected chi connectivity index (χ0v) is 17.5. The zero-order valence-electron chi connectivity index (χ0n) is 17.5. The summed E-state index contributed by atoms with van der Waals surface area (Å²) < 4.78 is 0.287. The van der Waals surface area contributed by atoms with Crippen LogP contribution in [0.1, 0.15) is 6.92 Å². The normalized spacial score (nSPS) is 17.9. The third-order valence-electron chi connectivity index (χ3n) is 4.21. The Kier molecular flexibility index (Phi) is 8.91. The van der Waals surface area contributed by atoms with Gasteiger partial charge < -0.3 is 39.0 Å². The van der Waals surface area contributed by atoms with Crippen LogP contribution < -0.4 is 10.2 Å². The van der Waals surface area contributed by atoms with Crippen molar-refractivity contribution in [1.29, 1.82) is 0 Å². The molecule has 0 aliphatic heterocycles. The number of carboxylic acids is 2. The molecule has 0 radical (unpaired) electrons. The van der Waals surface area contributed by atoms with E-state index >= 15 is 0 Å². The minimum Gasteiger partial charge on any atom is -0.549 e. The van der Waals surface area contributed by atoms with Crippen molar-refractivity contribution < 1.29 is 48.6 Å². The lowest BCUT2D eigenvalue weighted by atomic mass is 9.81. The first-order valence-corrected chi connectivity index (χ1v) is 8.85. The molecular weight excluding hydrogens is 372 g/mol. The minimum absolute atomic E-state index is 0.112. The van der Waals surface area contributed by atoms with Crippen molar-refractivity contribution in [2.75, 3.05) is 55.4 Å². The Morgan fingerprint density at radius 2 is 0.964 bits per heavy atom. The summed E-state index contributed by atoms with van der Waals surface area (Å²) in [4.78, 5) is 48.0. The summed E-state index contributed by atoms with van der Waals surface area (Å²) in [6.07, 6.45) is -3.27. The highest BCUT2D eigenvalue weighted by Crippen LogP contribution is 2.20. The van der Waals surface area contributed by atoms with Crippen molar-refractivity contribution in [2.24, 2.45) is 17.8 Å². The minimum atomic E-state index is -2.01. The van der Waals surface area contributed by atoms with Crippen LogP contribution in [0.25, 0.3) is 0 Å². The number of aliphatic hydroxyl groups is 2. The van der Waals surface area contributed by atoms with Crippen LogP contribution in [-0.4, -0.2) is 110 Å². The number of rotatable bonds is 12. The summed E-state index contributed by atoms with van der Waals surface area (Å²) in [7, 11) is 10.0. The Labute approximate surface area is 165 Å². The molecule has 0 aliphatic rings. The SMILES string of the molecule is CC(C(=O)C(C(=O)[O-])C(O)C[N+](C)(C)C)C(=O)C(C(=O)[O-])C(O)C[N+](C)(C)C. The van der Waals surface area contributed by atoms with Crippen molar-refractivity contribution in [3.8, 4) is 0 Å². The number of hydrogen-bond acceptors (Lipinski definition) is 8. The second kappa shape index (κ2) is 9.55. The number of likely N-dealkylation sites (N-methyl/N-ethyl adjacent to an activating group) is 2. The van der Waals surface area contributed by atoms with Crippen molar-refractivity contribution in [3.05, 3.63) is 0 Å². The first kappa shape index (κ1) is 26.1. The summed E-state index contributed by atoms with van der Waals surface area (Å²) in [5.41, 5.74) is 0. The number of hydrogen-bond donors (Lipinski definition) is 2. The van der Waals surface area contributed by atoms with Gasteiger partial charge in [0.2, 0.25) is 0 Å². The van der Waals surface area contributed by atoms with E-state index in [2.05, 4.69) is 0 Å². The molecule has 0 heterocycles. The number of aliphatic hydroxyl groups excluding tert-OH is 2. The number of carbonyl (C=O) groups excluding carboxylic acids is 4. The van der Waals surface area contributed by atoms with Gasteiger partial charge in [0.25, 0.3) is 0 Å². The molecule has 4 atom stereocenters. The van der Waals surface area contributed by atoms with Gasteiger partial charge in [-0.2, -0.15) is 0 Å². The third-order valence-corrected chi connectivity index (χ3v) is 4.21. The summed E-state index contributed by atoms with van der Waals surface area (Å²) in [6.45, 7) is 0.826.